The Morgan fingerprint density at radius 3 is 2.69 bits per heavy atom. The Labute approximate surface area is 91.8 Å². The standard InChI is InChI=1S/C11H9FN2O2/c1-13-8-4-2-7(3-5-8)10-9(6-12)14-11(15)16-10/h2-5,9-10H,6H2,(H,14,15). The summed E-state index contributed by atoms with van der Waals surface area (Å²) in [5.41, 5.74) is 1.19. The van der Waals surface area contributed by atoms with E-state index in [1.165, 1.54) is 0 Å². The summed E-state index contributed by atoms with van der Waals surface area (Å²) in [6.07, 6.45) is -1.22. The third kappa shape index (κ3) is 1.82. The third-order valence-electron chi connectivity index (χ3n) is 2.42. The first-order valence-electron chi connectivity index (χ1n) is 4.75. The van der Waals surface area contributed by atoms with Crippen LogP contribution < -0.4 is 5.32 Å². The van der Waals surface area contributed by atoms with Crippen molar-refractivity contribution in [1.29, 1.82) is 0 Å². The summed E-state index contributed by atoms with van der Waals surface area (Å²) in [7, 11) is 0. The summed E-state index contributed by atoms with van der Waals surface area (Å²) >= 11 is 0. The van der Waals surface area contributed by atoms with Gasteiger partial charge in [-0.1, -0.05) is 24.3 Å². The molecule has 1 N–H and O–H groups in total. The molecular formula is C11H9FN2O2. The molecule has 1 fully saturated rings. The number of amides is 1. The van der Waals surface area contributed by atoms with Gasteiger partial charge in [-0.2, -0.15) is 0 Å². The van der Waals surface area contributed by atoms with E-state index in [0.717, 1.165) is 0 Å². The molecule has 0 aliphatic carbocycles. The number of carbonyl (C=O) groups is 1. The fraction of sp³-hybridized carbons (Fsp3) is 0.273. The first-order valence-corrected chi connectivity index (χ1v) is 4.75. The minimum atomic E-state index is -0.680. The van der Waals surface area contributed by atoms with E-state index in [2.05, 4.69) is 10.2 Å². The van der Waals surface area contributed by atoms with E-state index >= 15 is 0 Å². The van der Waals surface area contributed by atoms with Gasteiger partial charge >= 0.3 is 6.09 Å². The molecule has 0 radical (unpaired) electrons. The quantitative estimate of drug-likeness (QED) is 0.777. The van der Waals surface area contributed by atoms with Crippen molar-refractivity contribution in [2.75, 3.05) is 6.67 Å². The highest BCUT2D eigenvalue weighted by molar-refractivity contribution is 5.70. The maximum absolute atomic E-state index is 12.6. The summed E-state index contributed by atoms with van der Waals surface area (Å²) < 4.78 is 17.6. The number of alkyl carbamates (subject to hydrolysis) is 1. The first kappa shape index (κ1) is 10.4. The van der Waals surface area contributed by atoms with E-state index in [4.69, 9.17) is 11.3 Å². The molecule has 0 saturated carbocycles. The van der Waals surface area contributed by atoms with Gasteiger partial charge in [0.15, 0.2) is 11.8 Å². The average Bonchev–Trinajstić information content (AvgIpc) is 2.70. The second kappa shape index (κ2) is 4.19. The van der Waals surface area contributed by atoms with E-state index in [9.17, 15) is 9.18 Å². The zero-order valence-electron chi connectivity index (χ0n) is 8.31. The summed E-state index contributed by atoms with van der Waals surface area (Å²) in [5, 5.41) is 2.38. The number of nitrogens with zero attached hydrogens (tertiary/aromatic N) is 1. The highest BCUT2D eigenvalue weighted by Crippen LogP contribution is 2.28. The Balaban J connectivity index is 2.23. The van der Waals surface area contributed by atoms with Gasteiger partial charge in [-0.05, 0) is 5.56 Å². The number of ether oxygens (including phenoxy) is 1. The number of nitrogens with one attached hydrogen (secondary N) is 1. The molecule has 0 spiro atoms. The molecule has 1 amide bonds. The lowest BCUT2D eigenvalue weighted by molar-refractivity contribution is 0.128. The van der Waals surface area contributed by atoms with Crippen molar-refractivity contribution in [2.24, 2.45) is 0 Å². The molecule has 0 aromatic heterocycles. The normalized spacial score (nSPS) is 23.4. The Morgan fingerprint density at radius 1 is 1.44 bits per heavy atom. The van der Waals surface area contributed by atoms with E-state index in [-0.39, 0.29) is 0 Å². The minimum absolute atomic E-state index is 0.498. The van der Waals surface area contributed by atoms with Crippen molar-refractivity contribution in [3.63, 3.8) is 0 Å². The number of cyclic esters (lactones) is 1. The molecular weight excluding hydrogens is 211 g/mol. The van der Waals surface area contributed by atoms with E-state index in [1.807, 2.05) is 0 Å². The Hall–Kier alpha value is -2.09. The van der Waals surface area contributed by atoms with Gasteiger partial charge in [-0.3, -0.25) is 0 Å². The Morgan fingerprint density at radius 2 is 2.12 bits per heavy atom. The number of carbonyl (C=O) groups excluding carboxylic acids is 1. The number of alkyl halides is 1. The summed E-state index contributed by atoms with van der Waals surface area (Å²) in [6.45, 7) is 6.12. The largest absolute Gasteiger partial charge is 0.439 e. The zero-order chi connectivity index (χ0) is 11.5. The predicted molar refractivity (Wildman–Crippen MR) is 54.8 cm³/mol. The van der Waals surface area contributed by atoms with Crippen LogP contribution in [0.3, 0.4) is 0 Å². The molecule has 16 heavy (non-hydrogen) atoms. The lowest BCUT2D eigenvalue weighted by Gasteiger charge is -2.13. The van der Waals surface area contributed by atoms with Crippen LogP contribution in [-0.2, 0) is 4.74 Å². The number of hydrogen-bond acceptors (Lipinski definition) is 2. The van der Waals surface area contributed by atoms with Crippen LogP contribution in [0.2, 0.25) is 0 Å². The van der Waals surface area contributed by atoms with Gasteiger partial charge in [0, 0.05) is 0 Å². The lowest BCUT2D eigenvalue weighted by atomic mass is 10.0. The van der Waals surface area contributed by atoms with Crippen molar-refractivity contribution in [3.8, 4) is 0 Å². The summed E-state index contributed by atoms with van der Waals surface area (Å²) in [4.78, 5) is 14.2. The van der Waals surface area contributed by atoms with Crippen LogP contribution in [0.15, 0.2) is 24.3 Å². The molecule has 5 heteroatoms. The third-order valence-corrected chi connectivity index (χ3v) is 2.42. The Kier molecular flexibility index (Phi) is 2.73. The number of benzene rings is 1. The molecule has 4 nitrogen and oxygen atoms in total. The lowest BCUT2D eigenvalue weighted by Crippen LogP contribution is -2.29. The van der Waals surface area contributed by atoms with Crippen molar-refractivity contribution >= 4 is 11.8 Å². The molecule has 2 rings (SSSR count). The van der Waals surface area contributed by atoms with Crippen LogP contribution in [0.25, 0.3) is 4.85 Å². The van der Waals surface area contributed by atoms with E-state index < -0.39 is 24.9 Å². The molecule has 0 bridgehead atoms. The van der Waals surface area contributed by atoms with E-state index in [0.29, 0.717) is 11.3 Å². The van der Waals surface area contributed by atoms with Crippen molar-refractivity contribution in [2.45, 2.75) is 12.1 Å². The predicted octanol–water partition coefficient (Wildman–Crippen LogP) is 2.36. The molecule has 1 aromatic rings. The van der Waals surface area contributed by atoms with Crippen LogP contribution in [0.5, 0.6) is 0 Å². The maximum atomic E-state index is 12.6. The van der Waals surface area contributed by atoms with Gasteiger partial charge < -0.3 is 10.1 Å². The van der Waals surface area contributed by atoms with Crippen LogP contribution >= 0.6 is 0 Å². The second-order valence-corrected chi connectivity index (χ2v) is 3.43. The number of hydrogen-bond donors (Lipinski definition) is 1. The van der Waals surface area contributed by atoms with Crippen LogP contribution in [-0.4, -0.2) is 18.8 Å². The smallest absolute Gasteiger partial charge is 0.408 e. The monoisotopic (exact) mass is 220 g/mol. The van der Waals surface area contributed by atoms with Gasteiger partial charge in [-0.25, -0.2) is 14.0 Å². The highest BCUT2D eigenvalue weighted by Gasteiger charge is 2.34. The van der Waals surface area contributed by atoms with Crippen LogP contribution in [0, 0.1) is 6.57 Å². The van der Waals surface area contributed by atoms with Gasteiger partial charge in [0.25, 0.3) is 0 Å². The zero-order valence-corrected chi connectivity index (χ0v) is 8.31. The van der Waals surface area contributed by atoms with Crippen LogP contribution in [0.4, 0.5) is 14.9 Å². The van der Waals surface area contributed by atoms with Gasteiger partial charge in [0.1, 0.15) is 12.7 Å². The fourth-order valence-electron chi connectivity index (χ4n) is 1.62. The van der Waals surface area contributed by atoms with Crippen LogP contribution in [0.1, 0.15) is 11.7 Å². The second-order valence-electron chi connectivity index (χ2n) is 3.43. The van der Waals surface area contributed by atoms with Crippen molar-refractivity contribution in [1.82, 2.24) is 5.32 Å². The first-order chi connectivity index (χ1) is 7.74. The Bertz CT molecular complexity index is 438. The highest BCUT2D eigenvalue weighted by atomic mass is 19.1. The SMILES string of the molecule is [C-]#[N+]c1ccc(C2OC(=O)NC2CF)cc1. The molecule has 2 unspecified atom stereocenters. The number of halogens is 1. The summed E-state index contributed by atoms with van der Waals surface area (Å²) in [5.74, 6) is 0. The minimum Gasteiger partial charge on any atom is -0.439 e. The van der Waals surface area contributed by atoms with Gasteiger partial charge in [-0.15, -0.1) is 0 Å². The van der Waals surface area contributed by atoms with Crippen molar-refractivity contribution < 1.29 is 13.9 Å². The molecule has 2 atom stereocenters. The molecule has 1 aromatic carbocycles. The molecule has 1 saturated heterocycles. The van der Waals surface area contributed by atoms with Gasteiger partial charge in [0.2, 0.25) is 0 Å². The fourth-order valence-corrected chi connectivity index (χ4v) is 1.62. The molecule has 1 aliphatic heterocycles. The molecule has 82 valence electrons. The topological polar surface area (TPSA) is 42.7 Å². The summed E-state index contributed by atoms with van der Waals surface area (Å²) in [6, 6.07) is 5.92. The van der Waals surface area contributed by atoms with Gasteiger partial charge in [0.05, 0.1) is 6.57 Å². The maximum Gasteiger partial charge on any atom is 0.408 e. The average molecular weight is 220 g/mol. The molecule has 1 aliphatic rings. The van der Waals surface area contributed by atoms with E-state index in [1.54, 1.807) is 24.3 Å². The molecule has 1 heterocycles. The van der Waals surface area contributed by atoms with Crippen molar-refractivity contribution in [3.05, 3.63) is 41.2 Å². The number of rotatable bonds is 2.